The molecule has 0 unspecified atom stereocenters. The van der Waals surface area contributed by atoms with E-state index >= 15 is 0 Å². The molecule has 0 aromatic heterocycles. The summed E-state index contributed by atoms with van der Waals surface area (Å²) in [6, 6.07) is 28.1. The zero-order chi connectivity index (χ0) is 18.8. The van der Waals surface area contributed by atoms with Crippen LogP contribution >= 0.6 is 0 Å². The summed E-state index contributed by atoms with van der Waals surface area (Å²) >= 11 is 1.93. The van der Waals surface area contributed by atoms with Gasteiger partial charge in [-0.15, -0.1) is 0 Å². The topological polar surface area (TPSA) is 0 Å². The molecule has 0 spiro atoms. The van der Waals surface area contributed by atoms with Crippen LogP contribution in [-0.4, -0.2) is 44.9 Å². The zero-order valence-electron chi connectivity index (χ0n) is 15.9. The van der Waals surface area contributed by atoms with E-state index in [1.807, 2.05) is 0 Å². The average Bonchev–Trinajstić information content (AvgIpc) is 2.69. The summed E-state index contributed by atoms with van der Waals surface area (Å²) in [5, 5.41) is 0. The van der Waals surface area contributed by atoms with Gasteiger partial charge in [0.25, 0.3) is 0 Å². The summed E-state index contributed by atoms with van der Waals surface area (Å²) in [4.78, 5) is 0. The molecule has 1 fully saturated rings. The van der Waals surface area contributed by atoms with Crippen LogP contribution in [0.5, 0.6) is 0 Å². The molecule has 0 amide bonds. The molecule has 27 heavy (non-hydrogen) atoms. The number of benzene rings is 3. The van der Waals surface area contributed by atoms with E-state index in [2.05, 4.69) is 93.6 Å². The third-order valence-electron chi connectivity index (χ3n) is 4.79. The number of rotatable bonds is 3. The van der Waals surface area contributed by atoms with Gasteiger partial charge in [0, 0.05) is 0 Å². The second-order valence-electron chi connectivity index (χ2n) is 7.14. The molecule has 0 N–H and O–H groups in total. The summed E-state index contributed by atoms with van der Waals surface area (Å²) in [6.45, 7) is 6.57. The van der Waals surface area contributed by atoms with Crippen molar-refractivity contribution in [3.63, 3.8) is 0 Å². The molecular weight excluding hydrogens is 525 g/mol. The monoisotopic (exact) mass is 552 g/mol. The van der Waals surface area contributed by atoms with Gasteiger partial charge in [-0.05, 0) is 0 Å². The van der Waals surface area contributed by atoms with Crippen molar-refractivity contribution in [2.75, 3.05) is 0 Å². The Morgan fingerprint density at radius 3 is 0.852 bits per heavy atom. The average molecular weight is 549 g/mol. The fraction of sp³-hybridized carbons (Fsp3) is 0.250. The van der Waals surface area contributed by atoms with E-state index in [1.165, 1.54) is 16.7 Å². The van der Waals surface area contributed by atoms with E-state index in [-0.39, 0.29) is 0 Å². The molecule has 1 aliphatic rings. The van der Waals surface area contributed by atoms with Crippen molar-refractivity contribution in [2.45, 2.75) is 31.9 Å². The van der Waals surface area contributed by atoms with Gasteiger partial charge in [0.05, 0.1) is 0 Å². The Hall–Kier alpha value is -0.782. The second-order valence-corrected chi connectivity index (χ2v) is 19.3. The SMILES string of the molecule is Cc1ccc(C2[Se]C(c3ccc(C)cc3)[Se]C(c3ccc(C)cc3)[Se]2)cc1. The number of aryl methyl sites for hydroxylation is 3. The predicted molar refractivity (Wildman–Crippen MR) is 119 cm³/mol. The first-order chi connectivity index (χ1) is 13.1. The molecule has 0 bridgehead atoms. The molecule has 1 heterocycles. The summed E-state index contributed by atoms with van der Waals surface area (Å²) < 4.78 is 2.33. The quantitative estimate of drug-likeness (QED) is 0.398. The molecule has 3 aromatic rings. The van der Waals surface area contributed by atoms with Crippen molar-refractivity contribution in [1.82, 2.24) is 0 Å². The molecule has 3 aromatic carbocycles. The van der Waals surface area contributed by atoms with Crippen LogP contribution in [0.1, 0.15) is 44.5 Å². The molecule has 138 valence electrons. The van der Waals surface area contributed by atoms with E-state index in [9.17, 15) is 0 Å². The van der Waals surface area contributed by atoms with Gasteiger partial charge >= 0.3 is 183 Å². The Balaban J connectivity index is 1.66. The van der Waals surface area contributed by atoms with Crippen LogP contribution in [0.4, 0.5) is 0 Å². The molecule has 0 saturated carbocycles. The molecule has 0 atom stereocenters. The van der Waals surface area contributed by atoms with Gasteiger partial charge < -0.3 is 0 Å². The molecule has 0 radical (unpaired) electrons. The van der Waals surface area contributed by atoms with Crippen molar-refractivity contribution < 1.29 is 0 Å². The van der Waals surface area contributed by atoms with Crippen LogP contribution in [0, 0.1) is 20.8 Å². The van der Waals surface area contributed by atoms with Gasteiger partial charge in [-0.2, -0.15) is 0 Å². The van der Waals surface area contributed by atoms with Crippen LogP contribution in [-0.2, 0) is 0 Å². The first kappa shape index (κ1) is 19.5. The minimum absolute atomic E-state index is 0.645. The van der Waals surface area contributed by atoms with Crippen molar-refractivity contribution in [1.29, 1.82) is 0 Å². The van der Waals surface area contributed by atoms with Crippen LogP contribution in [0.3, 0.4) is 0 Å². The summed E-state index contributed by atoms with van der Waals surface area (Å²) in [5.74, 6) is 0. The summed E-state index contributed by atoms with van der Waals surface area (Å²) in [6.07, 6.45) is 0. The molecule has 0 aliphatic carbocycles. The maximum absolute atomic E-state index is 2.39. The van der Waals surface area contributed by atoms with Crippen molar-refractivity contribution in [3.8, 4) is 0 Å². The van der Waals surface area contributed by atoms with Crippen molar-refractivity contribution in [2.24, 2.45) is 0 Å². The Labute approximate surface area is 182 Å². The Morgan fingerprint density at radius 2 is 0.630 bits per heavy atom. The molecule has 3 heteroatoms. The Morgan fingerprint density at radius 1 is 0.407 bits per heavy atom. The minimum atomic E-state index is 0.645. The Kier molecular flexibility index (Phi) is 6.30. The van der Waals surface area contributed by atoms with Gasteiger partial charge in [-0.25, -0.2) is 0 Å². The fourth-order valence-electron chi connectivity index (χ4n) is 3.08. The molecular formula is C24H24Se3. The van der Waals surface area contributed by atoms with Crippen LogP contribution in [0.25, 0.3) is 0 Å². The third-order valence-corrected chi connectivity index (χ3v) is 18.6. The van der Waals surface area contributed by atoms with Crippen LogP contribution in [0.2, 0.25) is 0 Å². The van der Waals surface area contributed by atoms with E-state index in [0.717, 1.165) is 11.1 Å². The van der Waals surface area contributed by atoms with Gasteiger partial charge in [0.1, 0.15) is 0 Å². The molecule has 4 rings (SSSR count). The standard InChI is InChI=1S/C24H24Se3/c1-16-4-10-19(11-5-16)22-25-23(20-12-6-17(2)7-13-20)27-24(26-22)21-14-8-18(3)9-15-21/h4-15,22-24H,1-3H3. The van der Waals surface area contributed by atoms with E-state index in [0.29, 0.717) is 44.9 Å². The van der Waals surface area contributed by atoms with Crippen LogP contribution in [0.15, 0.2) is 72.8 Å². The molecule has 1 saturated heterocycles. The van der Waals surface area contributed by atoms with Gasteiger partial charge in [-0.3, -0.25) is 0 Å². The van der Waals surface area contributed by atoms with E-state index < -0.39 is 0 Å². The van der Waals surface area contributed by atoms with E-state index in [1.54, 1.807) is 16.7 Å². The number of hydrogen-bond acceptors (Lipinski definition) is 0. The van der Waals surface area contributed by atoms with Gasteiger partial charge in [-0.1, -0.05) is 0 Å². The van der Waals surface area contributed by atoms with Crippen molar-refractivity contribution in [3.05, 3.63) is 106 Å². The summed E-state index contributed by atoms with van der Waals surface area (Å²) in [5.41, 5.74) is 8.82. The third kappa shape index (κ3) is 4.80. The number of hydrogen-bond donors (Lipinski definition) is 0. The first-order valence-corrected chi connectivity index (χ1v) is 15.2. The predicted octanol–water partition coefficient (Wildman–Crippen LogP) is 5.13. The van der Waals surface area contributed by atoms with E-state index in [4.69, 9.17) is 0 Å². The van der Waals surface area contributed by atoms with Crippen molar-refractivity contribution >= 4 is 44.9 Å². The summed E-state index contributed by atoms with van der Waals surface area (Å²) in [7, 11) is 0. The first-order valence-electron chi connectivity index (χ1n) is 9.24. The molecule has 0 nitrogen and oxygen atoms in total. The second kappa shape index (κ2) is 8.71. The van der Waals surface area contributed by atoms with Gasteiger partial charge in [0.15, 0.2) is 0 Å². The molecule has 1 aliphatic heterocycles. The van der Waals surface area contributed by atoms with Crippen LogP contribution < -0.4 is 0 Å². The fourth-order valence-corrected chi connectivity index (χ4v) is 23.8. The maximum atomic E-state index is 2.39. The Bertz CT molecular complexity index is 754. The zero-order valence-corrected chi connectivity index (χ0v) is 21.0. The normalized spacial score (nSPS) is 22.6. The van der Waals surface area contributed by atoms with Gasteiger partial charge in [0.2, 0.25) is 0 Å².